The Morgan fingerprint density at radius 3 is 2.68 bits per heavy atom. The van der Waals surface area contributed by atoms with Crippen molar-refractivity contribution < 1.29 is 14.3 Å². The molecule has 0 fully saturated rings. The van der Waals surface area contributed by atoms with Crippen LogP contribution < -0.4 is 4.74 Å². The summed E-state index contributed by atoms with van der Waals surface area (Å²) >= 11 is 0. The minimum Gasteiger partial charge on any atom is -0.488 e. The summed E-state index contributed by atoms with van der Waals surface area (Å²) in [5.74, 6) is 0.831. The van der Waals surface area contributed by atoms with Gasteiger partial charge in [0, 0.05) is 18.5 Å². The molecule has 0 aliphatic carbocycles. The van der Waals surface area contributed by atoms with Gasteiger partial charge in [-0.05, 0) is 56.1 Å². The summed E-state index contributed by atoms with van der Waals surface area (Å²) in [6.45, 7) is 4.72. The molecule has 0 aromatic heterocycles. The van der Waals surface area contributed by atoms with Crippen LogP contribution >= 0.6 is 0 Å². The van der Waals surface area contributed by atoms with Crippen LogP contribution in [0.4, 0.5) is 0 Å². The number of para-hydroxylation sites is 1. The third-order valence-electron chi connectivity index (χ3n) is 4.95. The molecule has 0 unspecified atom stereocenters. The lowest BCUT2D eigenvalue weighted by atomic mass is 9.93. The smallest absolute Gasteiger partial charge is 0.305 e. The van der Waals surface area contributed by atoms with Gasteiger partial charge in [0.25, 0.3) is 0 Å². The molecule has 3 rings (SSSR count). The van der Waals surface area contributed by atoms with E-state index >= 15 is 0 Å². The van der Waals surface area contributed by atoms with Crippen molar-refractivity contribution in [1.82, 2.24) is 4.90 Å². The van der Waals surface area contributed by atoms with Gasteiger partial charge < -0.3 is 14.4 Å². The summed E-state index contributed by atoms with van der Waals surface area (Å²) in [4.78, 5) is 13.7. The Bertz CT molecular complexity index is 779. The van der Waals surface area contributed by atoms with Crippen molar-refractivity contribution in [3.05, 3.63) is 71.3 Å². The number of rotatable bonds is 8. The zero-order valence-electron chi connectivity index (χ0n) is 16.8. The highest BCUT2D eigenvalue weighted by Crippen LogP contribution is 2.36. The molecule has 0 saturated heterocycles. The normalized spacial score (nSPS) is 14.2. The molecule has 148 valence electrons. The van der Waals surface area contributed by atoms with E-state index in [1.165, 1.54) is 16.7 Å². The molecule has 1 aliphatic rings. The molecule has 0 spiro atoms. The first-order valence-electron chi connectivity index (χ1n) is 10.0. The Hall–Kier alpha value is -2.59. The van der Waals surface area contributed by atoms with Crippen LogP contribution in [0.1, 0.15) is 42.9 Å². The number of ether oxygens (including phenoxy) is 2. The Labute approximate surface area is 167 Å². The average Bonchev–Trinajstić information content (AvgIpc) is 2.86. The molecular weight excluding hydrogens is 350 g/mol. The van der Waals surface area contributed by atoms with Crippen molar-refractivity contribution in [1.29, 1.82) is 0 Å². The van der Waals surface area contributed by atoms with Gasteiger partial charge in [-0.1, -0.05) is 48.5 Å². The predicted octanol–water partition coefficient (Wildman–Crippen LogP) is 4.68. The summed E-state index contributed by atoms with van der Waals surface area (Å²) in [7, 11) is 2.10. The topological polar surface area (TPSA) is 38.8 Å². The first-order valence-corrected chi connectivity index (χ1v) is 10.0. The van der Waals surface area contributed by atoms with Crippen LogP contribution in [0.15, 0.2) is 54.6 Å². The van der Waals surface area contributed by atoms with Crippen LogP contribution in [0.3, 0.4) is 0 Å². The van der Waals surface area contributed by atoms with E-state index in [2.05, 4.69) is 54.4 Å². The zero-order valence-corrected chi connectivity index (χ0v) is 16.8. The van der Waals surface area contributed by atoms with Crippen LogP contribution in [-0.4, -0.2) is 37.6 Å². The summed E-state index contributed by atoms with van der Waals surface area (Å²) in [5.41, 5.74) is 4.85. The van der Waals surface area contributed by atoms with E-state index in [1.54, 1.807) is 0 Å². The first-order chi connectivity index (χ1) is 13.7. The maximum atomic E-state index is 11.4. The van der Waals surface area contributed by atoms with Crippen molar-refractivity contribution in [2.75, 3.05) is 26.7 Å². The van der Waals surface area contributed by atoms with Gasteiger partial charge >= 0.3 is 5.97 Å². The van der Waals surface area contributed by atoms with Gasteiger partial charge in [0.2, 0.25) is 0 Å². The molecule has 0 bridgehead atoms. The minimum atomic E-state index is -0.107. The van der Waals surface area contributed by atoms with Crippen LogP contribution in [0.25, 0.3) is 5.57 Å². The fourth-order valence-corrected chi connectivity index (χ4v) is 3.51. The fourth-order valence-electron chi connectivity index (χ4n) is 3.51. The summed E-state index contributed by atoms with van der Waals surface area (Å²) in [6, 6.07) is 16.7. The molecule has 0 N–H and O–H groups in total. The first kappa shape index (κ1) is 20.2. The molecule has 1 heterocycles. The molecule has 0 radical (unpaired) electrons. The highest BCUT2D eigenvalue weighted by atomic mass is 16.5. The zero-order chi connectivity index (χ0) is 19.8. The number of esters is 1. The van der Waals surface area contributed by atoms with E-state index in [-0.39, 0.29) is 5.97 Å². The maximum absolute atomic E-state index is 11.4. The Balaban J connectivity index is 1.65. The third-order valence-corrected chi connectivity index (χ3v) is 4.95. The third kappa shape index (κ3) is 5.23. The van der Waals surface area contributed by atoms with Crippen LogP contribution in [0.2, 0.25) is 0 Å². The number of carbonyl (C=O) groups excluding carboxylic acids is 1. The molecule has 28 heavy (non-hydrogen) atoms. The van der Waals surface area contributed by atoms with Gasteiger partial charge in [0.1, 0.15) is 12.4 Å². The largest absolute Gasteiger partial charge is 0.488 e. The van der Waals surface area contributed by atoms with Gasteiger partial charge in [-0.2, -0.15) is 0 Å². The lowest BCUT2D eigenvalue weighted by Crippen LogP contribution is -2.21. The van der Waals surface area contributed by atoms with E-state index in [0.29, 0.717) is 19.6 Å². The molecule has 4 heteroatoms. The molecule has 0 atom stereocenters. The van der Waals surface area contributed by atoms with Gasteiger partial charge in [0.05, 0.1) is 6.61 Å². The quantitative estimate of drug-likeness (QED) is 0.625. The summed E-state index contributed by atoms with van der Waals surface area (Å²) < 4.78 is 11.0. The van der Waals surface area contributed by atoms with Crippen LogP contribution in [-0.2, 0) is 16.1 Å². The van der Waals surface area contributed by atoms with Crippen LogP contribution in [0.5, 0.6) is 5.75 Å². The molecule has 2 aromatic carbocycles. The van der Waals surface area contributed by atoms with Crippen LogP contribution in [0, 0.1) is 0 Å². The monoisotopic (exact) mass is 379 g/mol. The Morgan fingerprint density at radius 2 is 1.86 bits per heavy atom. The van der Waals surface area contributed by atoms with Gasteiger partial charge in [0.15, 0.2) is 0 Å². The molecule has 1 aliphatic heterocycles. The van der Waals surface area contributed by atoms with E-state index in [1.807, 2.05) is 19.1 Å². The SMILES string of the molecule is CCOC(=O)CCCN(C)CCC=C1c2ccccc2COc2ccccc21. The molecule has 0 amide bonds. The van der Waals surface area contributed by atoms with E-state index in [0.717, 1.165) is 37.2 Å². The van der Waals surface area contributed by atoms with Crippen molar-refractivity contribution in [3.63, 3.8) is 0 Å². The number of carbonyl (C=O) groups is 1. The Morgan fingerprint density at radius 1 is 1.11 bits per heavy atom. The number of hydrogen-bond acceptors (Lipinski definition) is 4. The molecular formula is C24H29NO3. The van der Waals surface area contributed by atoms with E-state index < -0.39 is 0 Å². The molecule has 2 aromatic rings. The van der Waals surface area contributed by atoms with Gasteiger partial charge in [-0.3, -0.25) is 4.79 Å². The number of hydrogen-bond donors (Lipinski definition) is 0. The van der Waals surface area contributed by atoms with Crippen molar-refractivity contribution in [3.8, 4) is 5.75 Å². The second-order valence-electron chi connectivity index (χ2n) is 7.06. The molecule has 4 nitrogen and oxygen atoms in total. The van der Waals surface area contributed by atoms with Crippen molar-refractivity contribution in [2.24, 2.45) is 0 Å². The highest BCUT2D eigenvalue weighted by molar-refractivity contribution is 5.84. The van der Waals surface area contributed by atoms with Gasteiger partial charge in [-0.15, -0.1) is 0 Å². The fraction of sp³-hybridized carbons (Fsp3) is 0.375. The van der Waals surface area contributed by atoms with Gasteiger partial charge in [-0.25, -0.2) is 0 Å². The lowest BCUT2D eigenvalue weighted by Gasteiger charge is -2.16. The number of fused-ring (bicyclic) bond motifs is 2. The average molecular weight is 380 g/mol. The van der Waals surface area contributed by atoms with Crippen molar-refractivity contribution in [2.45, 2.75) is 32.8 Å². The number of benzene rings is 2. The number of nitrogens with zero attached hydrogens (tertiary/aromatic N) is 1. The second kappa shape index (κ2) is 10.1. The summed E-state index contributed by atoms with van der Waals surface area (Å²) in [5, 5.41) is 0. The second-order valence-corrected chi connectivity index (χ2v) is 7.06. The Kier molecular flexibility index (Phi) is 7.26. The van der Waals surface area contributed by atoms with E-state index in [4.69, 9.17) is 9.47 Å². The highest BCUT2D eigenvalue weighted by Gasteiger charge is 2.18. The lowest BCUT2D eigenvalue weighted by molar-refractivity contribution is -0.143. The predicted molar refractivity (Wildman–Crippen MR) is 112 cm³/mol. The standard InChI is InChI=1S/C24H29NO3/c1-3-27-24(26)15-9-17-25(2)16-8-13-21-20-11-5-4-10-19(20)18-28-23-14-7-6-12-22(21)23/h4-7,10-14H,3,8-9,15-18H2,1-2H3. The minimum absolute atomic E-state index is 0.107. The van der Waals surface area contributed by atoms with Crippen molar-refractivity contribution >= 4 is 11.5 Å². The molecule has 0 saturated carbocycles. The summed E-state index contributed by atoms with van der Waals surface area (Å²) in [6.07, 6.45) is 4.56. The van der Waals surface area contributed by atoms with E-state index in [9.17, 15) is 4.79 Å². The maximum Gasteiger partial charge on any atom is 0.305 e.